The summed E-state index contributed by atoms with van der Waals surface area (Å²) in [5.74, 6) is 0.287. The van der Waals surface area contributed by atoms with E-state index < -0.39 is 0 Å². The molecule has 0 rings (SSSR count). The fraction of sp³-hybridized carbons (Fsp3) is 0.895. The summed E-state index contributed by atoms with van der Waals surface area (Å²) in [5.41, 5.74) is -0.139. The number of rotatable bonds is 12. The fourth-order valence-corrected chi connectivity index (χ4v) is 2.06. The van der Waals surface area contributed by atoms with Crippen LogP contribution in [0.5, 0.6) is 0 Å². The van der Waals surface area contributed by atoms with Crippen LogP contribution in [0.15, 0.2) is 0 Å². The number of hydrogen-bond donors (Lipinski definition) is 1. The minimum absolute atomic E-state index is 0.00216. The second-order valence-electron chi connectivity index (χ2n) is 8.41. The van der Waals surface area contributed by atoms with Crippen LogP contribution in [0.4, 0.5) is 0 Å². The van der Waals surface area contributed by atoms with Gasteiger partial charge in [0.15, 0.2) is 0 Å². The number of carbonyl (C=O) groups excluding carboxylic acids is 2. The molecule has 0 bridgehead atoms. The van der Waals surface area contributed by atoms with Crippen molar-refractivity contribution < 1.29 is 19.1 Å². The predicted molar refractivity (Wildman–Crippen MR) is 97.1 cm³/mol. The van der Waals surface area contributed by atoms with Gasteiger partial charge in [0, 0.05) is 32.4 Å². The Kier molecular flexibility index (Phi) is 11.1. The first-order valence-corrected chi connectivity index (χ1v) is 9.00. The Hall–Kier alpha value is -0.940. The highest BCUT2D eigenvalue weighted by atomic mass is 16.5. The van der Waals surface area contributed by atoms with E-state index in [-0.39, 0.29) is 22.7 Å². The van der Waals surface area contributed by atoms with Crippen LogP contribution in [0.3, 0.4) is 0 Å². The average molecular weight is 344 g/mol. The highest BCUT2D eigenvalue weighted by Crippen LogP contribution is 2.17. The van der Waals surface area contributed by atoms with Gasteiger partial charge in [-0.2, -0.15) is 0 Å². The van der Waals surface area contributed by atoms with Crippen molar-refractivity contribution >= 4 is 11.7 Å². The molecule has 0 aromatic rings. The zero-order valence-electron chi connectivity index (χ0n) is 16.5. The van der Waals surface area contributed by atoms with E-state index >= 15 is 0 Å². The van der Waals surface area contributed by atoms with E-state index in [0.29, 0.717) is 52.0 Å². The fourth-order valence-electron chi connectivity index (χ4n) is 2.06. The molecule has 5 nitrogen and oxygen atoms in total. The van der Waals surface area contributed by atoms with E-state index in [1.165, 1.54) is 0 Å². The maximum absolute atomic E-state index is 11.7. The molecule has 1 N–H and O–H groups in total. The number of hydrogen-bond acceptors (Lipinski definition) is 4. The van der Waals surface area contributed by atoms with E-state index in [1.54, 1.807) is 0 Å². The molecule has 0 spiro atoms. The van der Waals surface area contributed by atoms with E-state index in [4.69, 9.17) is 9.47 Å². The summed E-state index contributed by atoms with van der Waals surface area (Å²) in [6.45, 7) is 14.4. The summed E-state index contributed by atoms with van der Waals surface area (Å²) in [4.78, 5) is 23.4. The molecule has 0 saturated heterocycles. The molecule has 0 aliphatic heterocycles. The maximum atomic E-state index is 11.7. The van der Waals surface area contributed by atoms with Gasteiger partial charge in [0.1, 0.15) is 5.78 Å². The van der Waals surface area contributed by atoms with Gasteiger partial charge in [-0.15, -0.1) is 0 Å². The molecule has 1 amide bonds. The van der Waals surface area contributed by atoms with Crippen molar-refractivity contribution in [1.29, 1.82) is 0 Å². The molecule has 0 aliphatic carbocycles. The molecular weight excluding hydrogens is 306 g/mol. The Bertz CT molecular complexity index is 367. The van der Waals surface area contributed by atoms with Crippen LogP contribution >= 0.6 is 0 Å². The van der Waals surface area contributed by atoms with Crippen LogP contribution < -0.4 is 5.32 Å². The summed E-state index contributed by atoms with van der Waals surface area (Å²) < 4.78 is 11.0. The van der Waals surface area contributed by atoms with Gasteiger partial charge in [0.05, 0.1) is 18.8 Å². The Balaban J connectivity index is 3.46. The highest BCUT2D eigenvalue weighted by Gasteiger charge is 2.15. The van der Waals surface area contributed by atoms with Gasteiger partial charge >= 0.3 is 0 Å². The van der Waals surface area contributed by atoms with Gasteiger partial charge in [-0.05, 0) is 39.0 Å². The zero-order chi connectivity index (χ0) is 18.6. The topological polar surface area (TPSA) is 64.6 Å². The van der Waals surface area contributed by atoms with Gasteiger partial charge in [0.2, 0.25) is 5.91 Å². The monoisotopic (exact) mass is 343 g/mol. The van der Waals surface area contributed by atoms with Crippen molar-refractivity contribution in [3.05, 3.63) is 0 Å². The SMILES string of the molecule is CC(C)(C)CC(=O)NCCCC(=O)CCCOCCOC(C)(C)C. The van der Waals surface area contributed by atoms with Gasteiger partial charge in [-0.3, -0.25) is 9.59 Å². The lowest BCUT2D eigenvalue weighted by molar-refractivity contribution is -0.123. The lowest BCUT2D eigenvalue weighted by Gasteiger charge is -2.19. The van der Waals surface area contributed by atoms with E-state index in [1.807, 2.05) is 41.5 Å². The molecule has 0 aliphatic rings. The first-order chi connectivity index (χ1) is 11.0. The van der Waals surface area contributed by atoms with Gasteiger partial charge in [-0.25, -0.2) is 0 Å². The summed E-state index contributed by atoms with van der Waals surface area (Å²) >= 11 is 0. The smallest absolute Gasteiger partial charge is 0.220 e. The van der Waals surface area contributed by atoms with E-state index in [9.17, 15) is 9.59 Å². The number of ether oxygens (including phenoxy) is 2. The zero-order valence-corrected chi connectivity index (χ0v) is 16.5. The number of Topliss-reactive ketones (excluding diaryl/α,β-unsaturated/α-hetero) is 1. The van der Waals surface area contributed by atoms with Crippen molar-refractivity contribution in [2.45, 2.75) is 79.2 Å². The van der Waals surface area contributed by atoms with Crippen molar-refractivity contribution in [1.82, 2.24) is 5.32 Å². The Labute approximate surface area is 147 Å². The first-order valence-electron chi connectivity index (χ1n) is 9.00. The molecule has 0 aromatic heterocycles. The summed E-state index contributed by atoms with van der Waals surface area (Å²) in [7, 11) is 0. The van der Waals surface area contributed by atoms with Crippen LogP contribution in [-0.2, 0) is 19.1 Å². The maximum Gasteiger partial charge on any atom is 0.220 e. The van der Waals surface area contributed by atoms with Crippen LogP contribution in [-0.4, -0.2) is 43.7 Å². The molecular formula is C19H37NO4. The summed E-state index contributed by atoms with van der Waals surface area (Å²) in [6.07, 6.45) is 3.01. The van der Waals surface area contributed by atoms with Crippen LogP contribution in [0, 0.1) is 5.41 Å². The molecule has 0 atom stereocenters. The largest absolute Gasteiger partial charge is 0.379 e. The molecule has 0 saturated carbocycles. The molecule has 0 fully saturated rings. The standard InChI is InChI=1S/C19H37NO4/c1-18(2,3)15-17(22)20-11-7-9-16(21)10-8-12-23-13-14-24-19(4,5)6/h7-15H2,1-6H3,(H,20,22). The third kappa shape index (κ3) is 17.4. The molecule has 0 radical (unpaired) electrons. The molecule has 5 heteroatoms. The molecule has 0 heterocycles. The van der Waals surface area contributed by atoms with Crippen LogP contribution in [0.1, 0.15) is 73.6 Å². The molecule has 24 heavy (non-hydrogen) atoms. The minimum Gasteiger partial charge on any atom is -0.379 e. The van der Waals surface area contributed by atoms with Gasteiger partial charge in [-0.1, -0.05) is 20.8 Å². The van der Waals surface area contributed by atoms with Gasteiger partial charge < -0.3 is 14.8 Å². The van der Waals surface area contributed by atoms with Crippen molar-refractivity contribution in [3.8, 4) is 0 Å². The lowest BCUT2D eigenvalue weighted by Crippen LogP contribution is -2.28. The van der Waals surface area contributed by atoms with Crippen LogP contribution in [0.2, 0.25) is 0 Å². The quantitative estimate of drug-likeness (QED) is 0.551. The molecule has 0 unspecified atom stereocenters. The van der Waals surface area contributed by atoms with E-state index in [0.717, 1.165) is 6.42 Å². The van der Waals surface area contributed by atoms with Crippen molar-refractivity contribution in [3.63, 3.8) is 0 Å². The summed E-state index contributed by atoms with van der Waals surface area (Å²) in [5, 5.41) is 2.87. The van der Waals surface area contributed by atoms with Crippen molar-refractivity contribution in [2.24, 2.45) is 5.41 Å². The second kappa shape index (κ2) is 11.6. The summed E-state index contributed by atoms with van der Waals surface area (Å²) in [6, 6.07) is 0. The molecule has 142 valence electrons. The number of ketones is 1. The van der Waals surface area contributed by atoms with Gasteiger partial charge in [0.25, 0.3) is 0 Å². The Morgan fingerprint density at radius 3 is 2.08 bits per heavy atom. The lowest BCUT2D eigenvalue weighted by atomic mass is 9.92. The highest BCUT2D eigenvalue weighted by molar-refractivity contribution is 5.78. The average Bonchev–Trinajstić information content (AvgIpc) is 2.39. The number of nitrogens with one attached hydrogen (secondary N) is 1. The normalized spacial score (nSPS) is 12.2. The minimum atomic E-state index is -0.137. The van der Waals surface area contributed by atoms with Crippen molar-refractivity contribution in [2.75, 3.05) is 26.4 Å². The number of amides is 1. The third-order valence-corrected chi connectivity index (χ3v) is 3.15. The van der Waals surface area contributed by atoms with E-state index in [2.05, 4.69) is 5.32 Å². The molecule has 0 aromatic carbocycles. The number of carbonyl (C=O) groups is 2. The Morgan fingerprint density at radius 1 is 0.875 bits per heavy atom. The third-order valence-electron chi connectivity index (χ3n) is 3.15. The Morgan fingerprint density at radius 2 is 1.50 bits per heavy atom. The van der Waals surface area contributed by atoms with Crippen LogP contribution in [0.25, 0.3) is 0 Å². The predicted octanol–water partition coefficient (Wildman–Crippen LogP) is 3.50. The first kappa shape index (κ1) is 23.1. The second-order valence-corrected chi connectivity index (χ2v) is 8.41.